The van der Waals surface area contributed by atoms with Gasteiger partial charge >= 0.3 is 0 Å². The van der Waals surface area contributed by atoms with Crippen molar-refractivity contribution < 1.29 is 9.90 Å². The van der Waals surface area contributed by atoms with Crippen LogP contribution in [0.3, 0.4) is 0 Å². The lowest BCUT2D eigenvalue weighted by molar-refractivity contribution is -0.105. The lowest BCUT2D eigenvalue weighted by Crippen LogP contribution is -2.52. The summed E-state index contributed by atoms with van der Waals surface area (Å²) in [6, 6.07) is 8.96. The molecule has 3 heterocycles. The van der Waals surface area contributed by atoms with E-state index in [1.54, 1.807) is 0 Å². The van der Waals surface area contributed by atoms with Gasteiger partial charge < -0.3 is 10.4 Å². The Balaban J connectivity index is 1.78. The Kier molecular flexibility index (Phi) is 2.68. The van der Waals surface area contributed by atoms with Crippen LogP contribution in [0.4, 0.5) is 5.69 Å². The number of hydrogen-bond donors (Lipinski definition) is 2. The molecule has 0 radical (unpaired) electrons. The maximum absolute atomic E-state index is 12.0. The Labute approximate surface area is 135 Å². The van der Waals surface area contributed by atoms with Crippen molar-refractivity contribution in [3.63, 3.8) is 0 Å². The van der Waals surface area contributed by atoms with Crippen LogP contribution in [-0.2, 0) is 10.2 Å². The Morgan fingerprint density at radius 2 is 2.26 bits per heavy atom. The highest BCUT2D eigenvalue weighted by Gasteiger charge is 2.60. The normalized spacial score (nSPS) is 36.0. The van der Waals surface area contributed by atoms with Gasteiger partial charge in [-0.05, 0) is 24.5 Å². The Morgan fingerprint density at radius 3 is 3.09 bits per heavy atom. The van der Waals surface area contributed by atoms with E-state index in [0.717, 1.165) is 49.2 Å². The Hall–Kier alpha value is -1.91. The number of anilines is 1. The van der Waals surface area contributed by atoms with Crippen LogP contribution in [0.1, 0.15) is 18.4 Å². The minimum Gasteiger partial charge on any atom is -0.392 e. The van der Waals surface area contributed by atoms with E-state index < -0.39 is 0 Å². The van der Waals surface area contributed by atoms with Gasteiger partial charge in [-0.1, -0.05) is 29.8 Å². The fourth-order valence-corrected chi connectivity index (χ4v) is 5.48. The first-order valence-corrected chi connectivity index (χ1v) is 8.40. The van der Waals surface area contributed by atoms with E-state index in [2.05, 4.69) is 34.5 Å². The number of para-hydroxylation sites is 1. The first-order valence-electron chi connectivity index (χ1n) is 8.40. The molecule has 3 aliphatic heterocycles. The number of piperidine rings is 1. The molecule has 3 atom stereocenters. The molecule has 5 rings (SSSR count). The summed E-state index contributed by atoms with van der Waals surface area (Å²) in [6.07, 6.45) is 5.00. The molecule has 0 aromatic heterocycles. The molecular weight excluding hydrogens is 288 g/mol. The zero-order valence-corrected chi connectivity index (χ0v) is 13.0. The van der Waals surface area contributed by atoms with Crippen LogP contribution in [0.5, 0.6) is 0 Å². The molecule has 4 aliphatic rings. The average Bonchev–Trinajstić information content (AvgIpc) is 3.12. The van der Waals surface area contributed by atoms with Crippen molar-refractivity contribution in [2.45, 2.75) is 24.3 Å². The fraction of sp³-hybridized carbons (Fsp3) is 0.421. The molecule has 4 nitrogen and oxygen atoms in total. The summed E-state index contributed by atoms with van der Waals surface area (Å²) in [5, 5.41) is 12.9. The fourth-order valence-electron chi connectivity index (χ4n) is 5.48. The summed E-state index contributed by atoms with van der Waals surface area (Å²) < 4.78 is 0. The number of nitrogens with zero attached hydrogens (tertiary/aromatic N) is 1. The van der Waals surface area contributed by atoms with Crippen molar-refractivity contribution >= 4 is 12.0 Å². The minimum atomic E-state index is -0.0336. The van der Waals surface area contributed by atoms with E-state index in [4.69, 9.17) is 0 Å². The number of rotatable bonds is 2. The van der Waals surface area contributed by atoms with Gasteiger partial charge in [0.1, 0.15) is 6.29 Å². The van der Waals surface area contributed by atoms with Crippen LogP contribution < -0.4 is 5.32 Å². The molecule has 2 N–H and O–H groups in total. The summed E-state index contributed by atoms with van der Waals surface area (Å²) in [6.45, 7) is 1.97. The van der Waals surface area contributed by atoms with Gasteiger partial charge in [0.2, 0.25) is 0 Å². The van der Waals surface area contributed by atoms with Gasteiger partial charge in [0.15, 0.2) is 0 Å². The van der Waals surface area contributed by atoms with Gasteiger partial charge in [0, 0.05) is 42.0 Å². The SMILES string of the molecule is O=CC1=C2Nc3ccccc3C23CCN2CC(=CCO)C1CC23. The Morgan fingerprint density at radius 1 is 1.39 bits per heavy atom. The van der Waals surface area contributed by atoms with Crippen LogP contribution in [0, 0.1) is 5.92 Å². The molecule has 0 amide bonds. The maximum atomic E-state index is 12.0. The first kappa shape index (κ1) is 13.5. The van der Waals surface area contributed by atoms with E-state index in [1.807, 2.05) is 6.08 Å². The zero-order valence-electron chi connectivity index (χ0n) is 13.0. The van der Waals surface area contributed by atoms with E-state index in [0.29, 0.717) is 6.04 Å². The van der Waals surface area contributed by atoms with Crippen LogP contribution in [0.15, 0.2) is 47.2 Å². The monoisotopic (exact) mass is 308 g/mol. The van der Waals surface area contributed by atoms with Crippen LogP contribution >= 0.6 is 0 Å². The van der Waals surface area contributed by atoms with Crippen LogP contribution in [-0.4, -0.2) is 42.0 Å². The third-order valence-corrected chi connectivity index (χ3v) is 6.35. The van der Waals surface area contributed by atoms with Crippen molar-refractivity contribution in [1.29, 1.82) is 0 Å². The zero-order chi connectivity index (χ0) is 15.6. The van der Waals surface area contributed by atoms with Crippen LogP contribution in [0.2, 0.25) is 0 Å². The molecule has 23 heavy (non-hydrogen) atoms. The number of aliphatic hydroxyl groups excluding tert-OH is 1. The first-order chi connectivity index (χ1) is 11.3. The predicted molar refractivity (Wildman–Crippen MR) is 88.1 cm³/mol. The van der Waals surface area contributed by atoms with Crippen molar-refractivity contribution in [3.8, 4) is 0 Å². The van der Waals surface area contributed by atoms with Gasteiger partial charge in [-0.2, -0.15) is 0 Å². The van der Waals surface area contributed by atoms with Gasteiger partial charge in [0.25, 0.3) is 0 Å². The lowest BCUT2D eigenvalue weighted by Gasteiger charge is -2.48. The van der Waals surface area contributed by atoms with Crippen molar-refractivity contribution in [3.05, 3.63) is 52.7 Å². The summed E-state index contributed by atoms with van der Waals surface area (Å²) in [5.41, 5.74) is 5.71. The van der Waals surface area contributed by atoms with E-state index in [-0.39, 0.29) is 17.9 Å². The second-order valence-electron chi connectivity index (χ2n) is 7.08. The number of carbonyl (C=O) groups is 1. The molecule has 4 heteroatoms. The van der Waals surface area contributed by atoms with E-state index in [1.165, 1.54) is 11.1 Å². The van der Waals surface area contributed by atoms with Gasteiger partial charge in [-0.25, -0.2) is 0 Å². The topological polar surface area (TPSA) is 52.6 Å². The maximum Gasteiger partial charge on any atom is 0.148 e. The minimum absolute atomic E-state index is 0.0336. The van der Waals surface area contributed by atoms with Gasteiger partial charge in [-0.3, -0.25) is 9.69 Å². The summed E-state index contributed by atoms with van der Waals surface area (Å²) in [5.74, 6) is 0.156. The molecule has 2 fully saturated rings. The molecule has 118 valence electrons. The molecule has 1 aliphatic carbocycles. The summed E-state index contributed by atoms with van der Waals surface area (Å²) in [4.78, 5) is 14.5. The highest BCUT2D eigenvalue weighted by Crippen LogP contribution is 2.60. The molecule has 1 spiro atoms. The predicted octanol–water partition coefficient (Wildman–Crippen LogP) is 1.83. The number of hydrogen-bond acceptors (Lipinski definition) is 4. The molecule has 2 bridgehead atoms. The van der Waals surface area contributed by atoms with E-state index >= 15 is 0 Å². The van der Waals surface area contributed by atoms with Gasteiger partial charge in [-0.15, -0.1) is 0 Å². The molecule has 2 saturated heterocycles. The second kappa shape index (κ2) is 4.56. The van der Waals surface area contributed by atoms with Crippen LogP contribution in [0.25, 0.3) is 0 Å². The number of aliphatic hydroxyl groups is 1. The molecule has 3 unspecified atom stereocenters. The largest absolute Gasteiger partial charge is 0.392 e. The molecule has 1 aromatic rings. The molecule has 1 aromatic carbocycles. The summed E-state index contributed by atoms with van der Waals surface area (Å²) in [7, 11) is 0. The third kappa shape index (κ3) is 1.51. The standard InChI is InChI=1S/C19H20N2O2/c22-8-5-12-10-21-7-6-19-15-3-1-2-4-16(15)20-18(19)14(11-23)13(12)9-17(19)21/h1-5,11,13,17,20,22H,6-10H2. The van der Waals surface area contributed by atoms with Crippen molar-refractivity contribution in [1.82, 2.24) is 4.90 Å². The molecular formula is C19H20N2O2. The number of benzene rings is 1. The number of fused-ring (bicyclic) bond motifs is 2. The number of aldehydes is 1. The number of nitrogens with one attached hydrogen (secondary N) is 1. The number of carbonyl (C=O) groups excluding carboxylic acids is 1. The Bertz CT molecular complexity index is 766. The second-order valence-corrected chi connectivity index (χ2v) is 7.08. The van der Waals surface area contributed by atoms with Gasteiger partial charge in [0.05, 0.1) is 12.0 Å². The lowest BCUT2D eigenvalue weighted by atomic mass is 9.62. The number of allylic oxidation sites excluding steroid dienone is 1. The smallest absolute Gasteiger partial charge is 0.148 e. The van der Waals surface area contributed by atoms with E-state index in [9.17, 15) is 9.90 Å². The van der Waals surface area contributed by atoms with Crippen molar-refractivity contribution in [2.24, 2.45) is 5.92 Å². The summed E-state index contributed by atoms with van der Waals surface area (Å²) >= 11 is 0. The average molecular weight is 308 g/mol. The quantitative estimate of drug-likeness (QED) is 0.646. The molecule has 0 saturated carbocycles. The third-order valence-electron chi connectivity index (χ3n) is 6.35. The van der Waals surface area contributed by atoms with Crippen molar-refractivity contribution in [2.75, 3.05) is 25.0 Å². The highest BCUT2D eigenvalue weighted by atomic mass is 16.2. The highest BCUT2D eigenvalue weighted by molar-refractivity contribution is 5.84.